The monoisotopic (exact) mass is 641 g/mol. The number of aryl methyl sites for hydroxylation is 1. The van der Waals surface area contributed by atoms with Gasteiger partial charge in [-0.25, -0.2) is 19.7 Å². The summed E-state index contributed by atoms with van der Waals surface area (Å²) in [5.74, 6) is 1.04. The molecule has 1 atom stereocenters. The summed E-state index contributed by atoms with van der Waals surface area (Å²) in [6, 6.07) is 11.4. The standard InChI is InChI=1S/C34H43N9O4/c1-21-19-23(9-11-25(21)22(2)37-28(44)29-40-30(41-47-29)33(3,4)5)26-13-14-35-31(38-26)39-27-12-10-24(20-36-27)42-15-17-43(18-16-42)32(45)46-34(6,7)8/h9-14,19-20,22H,15-18H2,1-8H3,(H,37,44)(H,35,36,38,39)/t22-/m1/s1. The summed E-state index contributed by atoms with van der Waals surface area (Å²) in [4.78, 5) is 47.0. The maximum atomic E-state index is 12.8. The number of aromatic nitrogens is 5. The number of hydrogen-bond donors (Lipinski definition) is 2. The van der Waals surface area contributed by atoms with E-state index in [2.05, 4.69) is 35.6 Å². The van der Waals surface area contributed by atoms with E-state index in [1.807, 2.05) is 91.8 Å². The lowest BCUT2D eigenvalue weighted by Gasteiger charge is -2.36. The predicted octanol–water partition coefficient (Wildman–Crippen LogP) is 5.82. The van der Waals surface area contributed by atoms with Gasteiger partial charge in [-0.2, -0.15) is 4.98 Å². The summed E-state index contributed by atoms with van der Waals surface area (Å²) in [5.41, 5.74) is 3.75. The number of rotatable bonds is 7. The molecule has 0 saturated carbocycles. The molecule has 13 nitrogen and oxygen atoms in total. The second-order valence-electron chi connectivity index (χ2n) is 13.7. The summed E-state index contributed by atoms with van der Waals surface area (Å²) >= 11 is 0. The van der Waals surface area contributed by atoms with Crippen LogP contribution in [0.15, 0.2) is 53.3 Å². The fourth-order valence-corrected chi connectivity index (χ4v) is 5.09. The van der Waals surface area contributed by atoms with Gasteiger partial charge in [0.25, 0.3) is 0 Å². The summed E-state index contributed by atoms with van der Waals surface area (Å²) in [6.45, 7) is 18.0. The largest absolute Gasteiger partial charge is 0.444 e. The van der Waals surface area contributed by atoms with Crippen molar-refractivity contribution in [1.82, 2.24) is 35.3 Å². The van der Waals surface area contributed by atoms with Gasteiger partial charge in [-0.15, -0.1) is 0 Å². The Morgan fingerprint density at radius 1 is 0.957 bits per heavy atom. The highest BCUT2D eigenvalue weighted by Crippen LogP contribution is 2.26. The quantitative estimate of drug-likeness (QED) is 0.251. The summed E-state index contributed by atoms with van der Waals surface area (Å²) in [5, 5.41) is 10.1. The van der Waals surface area contributed by atoms with Gasteiger partial charge < -0.3 is 29.7 Å². The van der Waals surface area contributed by atoms with E-state index < -0.39 is 11.5 Å². The fourth-order valence-electron chi connectivity index (χ4n) is 5.09. The number of hydrogen-bond acceptors (Lipinski definition) is 11. The Hall–Kier alpha value is -5.07. The van der Waals surface area contributed by atoms with Crippen LogP contribution in [0.1, 0.15) is 82.1 Å². The smallest absolute Gasteiger partial charge is 0.410 e. The number of benzene rings is 1. The van der Waals surface area contributed by atoms with Crippen molar-refractivity contribution in [2.24, 2.45) is 0 Å². The lowest BCUT2D eigenvalue weighted by molar-refractivity contribution is 0.0240. The molecule has 2 N–H and O–H groups in total. The lowest BCUT2D eigenvalue weighted by Crippen LogP contribution is -2.50. The van der Waals surface area contributed by atoms with Gasteiger partial charge >= 0.3 is 17.9 Å². The van der Waals surface area contributed by atoms with Crippen LogP contribution in [0, 0.1) is 6.92 Å². The second-order valence-corrected chi connectivity index (χ2v) is 13.7. The van der Waals surface area contributed by atoms with Gasteiger partial charge in [-0.05, 0) is 70.0 Å². The van der Waals surface area contributed by atoms with Gasteiger partial charge in [0.15, 0.2) is 5.82 Å². The van der Waals surface area contributed by atoms with Crippen molar-refractivity contribution >= 4 is 29.5 Å². The molecule has 0 spiro atoms. The van der Waals surface area contributed by atoms with Crippen molar-refractivity contribution in [1.29, 1.82) is 0 Å². The van der Waals surface area contributed by atoms with Crippen LogP contribution < -0.4 is 15.5 Å². The molecular formula is C34H43N9O4. The molecule has 4 heterocycles. The molecule has 13 heteroatoms. The number of carbonyl (C=O) groups is 2. The molecule has 0 radical (unpaired) electrons. The molecule has 0 bridgehead atoms. The highest BCUT2D eigenvalue weighted by atomic mass is 16.6. The van der Waals surface area contributed by atoms with Gasteiger partial charge in [0, 0.05) is 43.4 Å². The molecule has 1 aliphatic heterocycles. The Morgan fingerprint density at radius 2 is 1.70 bits per heavy atom. The van der Waals surface area contributed by atoms with Gasteiger partial charge in [-0.3, -0.25) is 4.79 Å². The normalized spacial score (nSPS) is 14.5. The lowest BCUT2D eigenvalue weighted by atomic mass is 9.96. The minimum Gasteiger partial charge on any atom is -0.444 e. The zero-order chi connectivity index (χ0) is 33.9. The van der Waals surface area contributed by atoms with Crippen molar-refractivity contribution in [3.05, 3.63) is 71.6 Å². The number of nitrogens with one attached hydrogen (secondary N) is 2. The van der Waals surface area contributed by atoms with Crippen molar-refractivity contribution in [2.75, 3.05) is 36.4 Å². The van der Waals surface area contributed by atoms with E-state index in [0.717, 1.165) is 28.1 Å². The molecule has 0 aliphatic carbocycles. The highest BCUT2D eigenvalue weighted by Gasteiger charge is 2.27. The van der Waals surface area contributed by atoms with Crippen molar-refractivity contribution in [3.63, 3.8) is 0 Å². The topological polar surface area (TPSA) is 152 Å². The number of ether oxygens (including phenoxy) is 1. The van der Waals surface area contributed by atoms with Crippen LogP contribution in [0.4, 0.5) is 22.2 Å². The zero-order valence-corrected chi connectivity index (χ0v) is 28.3. The first-order valence-corrected chi connectivity index (χ1v) is 15.7. The first-order chi connectivity index (χ1) is 22.2. The Labute approximate surface area is 275 Å². The van der Waals surface area contributed by atoms with Crippen molar-refractivity contribution in [2.45, 2.75) is 72.4 Å². The average molecular weight is 642 g/mol. The molecule has 1 aromatic carbocycles. The van der Waals surface area contributed by atoms with Crippen LogP contribution in [0.3, 0.4) is 0 Å². The van der Waals surface area contributed by atoms with E-state index in [-0.39, 0.29) is 23.4 Å². The number of piperazine rings is 1. The van der Waals surface area contributed by atoms with Crippen LogP contribution in [0.2, 0.25) is 0 Å². The maximum Gasteiger partial charge on any atom is 0.410 e. The molecule has 2 amide bonds. The minimum atomic E-state index is -0.512. The average Bonchev–Trinajstić information content (AvgIpc) is 3.53. The number of amides is 2. The van der Waals surface area contributed by atoms with Crippen LogP contribution in [0.25, 0.3) is 11.3 Å². The third-order valence-corrected chi connectivity index (χ3v) is 7.61. The summed E-state index contributed by atoms with van der Waals surface area (Å²) < 4.78 is 10.7. The van der Waals surface area contributed by atoms with E-state index in [4.69, 9.17) is 14.2 Å². The van der Waals surface area contributed by atoms with E-state index >= 15 is 0 Å². The summed E-state index contributed by atoms with van der Waals surface area (Å²) in [6.07, 6.45) is 3.22. The molecule has 1 aliphatic rings. The van der Waals surface area contributed by atoms with Gasteiger partial charge in [-0.1, -0.05) is 38.1 Å². The maximum absolute atomic E-state index is 12.8. The van der Waals surface area contributed by atoms with E-state index in [0.29, 0.717) is 43.8 Å². The number of pyridine rings is 1. The third-order valence-electron chi connectivity index (χ3n) is 7.61. The van der Waals surface area contributed by atoms with E-state index in [1.54, 1.807) is 17.3 Å². The zero-order valence-electron chi connectivity index (χ0n) is 28.3. The van der Waals surface area contributed by atoms with Crippen LogP contribution in [-0.2, 0) is 10.2 Å². The number of anilines is 3. The van der Waals surface area contributed by atoms with Gasteiger partial charge in [0.05, 0.1) is 23.6 Å². The molecule has 1 fully saturated rings. The molecule has 4 aromatic rings. The first kappa shape index (κ1) is 33.3. The fraction of sp³-hybridized carbons (Fsp3) is 0.441. The third kappa shape index (κ3) is 8.40. The minimum absolute atomic E-state index is 0.0562. The molecule has 5 rings (SSSR count). The SMILES string of the molecule is Cc1cc(-c2ccnc(Nc3ccc(N4CCN(C(=O)OC(C)(C)C)CC4)cn3)n2)ccc1[C@@H](C)NC(=O)c1nc(C(C)(C)C)no1. The van der Waals surface area contributed by atoms with Crippen molar-refractivity contribution in [3.8, 4) is 11.3 Å². The number of nitrogens with zero attached hydrogens (tertiary/aromatic N) is 7. The Kier molecular flexibility index (Phi) is 9.45. The van der Waals surface area contributed by atoms with E-state index in [1.165, 1.54) is 0 Å². The Morgan fingerprint density at radius 3 is 2.32 bits per heavy atom. The highest BCUT2D eigenvalue weighted by molar-refractivity contribution is 5.89. The number of carbonyl (C=O) groups excluding carboxylic acids is 2. The Balaban J connectivity index is 1.18. The molecule has 1 saturated heterocycles. The molecule has 248 valence electrons. The molecule has 47 heavy (non-hydrogen) atoms. The second kappa shape index (κ2) is 13.3. The molecule has 3 aromatic heterocycles. The molecular weight excluding hydrogens is 598 g/mol. The first-order valence-electron chi connectivity index (χ1n) is 15.7. The molecule has 0 unspecified atom stereocenters. The van der Waals surface area contributed by atoms with Crippen molar-refractivity contribution < 1.29 is 18.8 Å². The summed E-state index contributed by atoms with van der Waals surface area (Å²) in [7, 11) is 0. The van der Waals surface area contributed by atoms with Crippen LogP contribution in [0.5, 0.6) is 0 Å². The van der Waals surface area contributed by atoms with Gasteiger partial charge in [0.1, 0.15) is 11.4 Å². The van der Waals surface area contributed by atoms with Gasteiger partial charge in [0.2, 0.25) is 5.95 Å². The van der Waals surface area contributed by atoms with Crippen LogP contribution >= 0.6 is 0 Å². The Bertz CT molecular complexity index is 1720. The predicted molar refractivity (Wildman–Crippen MR) is 179 cm³/mol. The van der Waals surface area contributed by atoms with Crippen LogP contribution in [-0.4, -0.2) is 73.8 Å². The van der Waals surface area contributed by atoms with E-state index in [9.17, 15) is 9.59 Å².